The van der Waals surface area contributed by atoms with Gasteiger partial charge >= 0.3 is 0 Å². The Morgan fingerprint density at radius 3 is 2.34 bits per heavy atom. The maximum Gasteiger partial charge on any atom is 0.248 e. The van der Waals surface area contributed by atoms with Gasteiger partial charge in [0.15, 0.2) is 0 Å². The minimum absolute atomic E-state index is 0.0298. The van der Waals surface area contributed by atoms with Crippen LogP contribution >= 0.6 is 11.8 Å². The number of methoxy groups -OCH3 is 1. The molecule has 0 N–H and O–H groups in total. The van der Waals surface area contributed by atoms with Crippen LogP contribution in [0.15, 0.2) is 22.1 Å². The normalized spacial score (nSPS) is 21.5. The van der Waals surface area contributed by atoms with Gasteiger partial charge in [0.25, 0.3) is 0 Å². The lowest BCUT2D eigenvalue weighted by atomic mass is 10.1. The van der Waals surface area contributed by atoms with E-state index in [-0.39, 0.29) is 25.2 Å². The van der Waals surface area contributed by atoms with Crippen LogP contribution in [0.3, 0.4) is 0 Å². The van der Waals surface area contributed by atoms with E-state index in [0.29, 0.717) is 36.7 Å². The van der Waals surface area contributed by atoms with Gasteiger partial charge in [0.2, 0.25) is 15.9 Å². The molecule has 0 saturated carbocycles. The van der Waals surface area contributed by atoms with Gasteiger partial charge in [0.1, 0.15) is 6.61 Å². The molecule has 1 aliphatic carbocycles. The molecular formula is C32H60N4O6S2. The minimum atomic E-state index is -3.76. The quantitative estimate of drug-likeness (QED) is 0.230. The van der Waals surface area contributed by atoms with Crippen molar-refractivity contribution in [1.29, 1.82) is 0 Å². The van der Waals surface area contributed by atoms with Gasteiger partial charge in [-0.25, -0.2) is 8.42 Å². The van der Waals surface area contributed by atoms with Crippen LogP contribution in [-0.2, 0) is 29.0 Å². The molecule has 2 fully saturated rings. The van der Waals surface area contributed by atoms with Gasteiger partial charge in [0.05, 0.1) is 30.8 Å². The number of rotatable bonds is 16. The summed E-state index contributed by atoms with van der Waals surface area (Å²) in [6.45, 7) is 21.2. The van der Waals surface area contributed by atoms with Crippen LogP contribution in [0.1, 0.15) is 60.8 Å². The van der Waals surface area contributed by atoms with E-state index in [1.807, 2.05) is 45.6 Å². The maximum absolute atomic E-state index is 14.1. The van der Waals surface area contributed by atoms with Crippen LogP contribution in [-0.4, -0.2) is 149 Å². The van der Waals surface area contributed by atoms with E-state index in [2.05, 4.69) is 16.7 Å². The number of nitrogens with zero attached hydrogens (tertiary/aromatic N) is 4. The van der Waals surface area contributed by atoms with Crippen molar-refractivity contribution in [2.24, 2.45) is 0 Å². The number of carbonyl (C=O) groups excluding carboxylic acids is 1. The third-order valence-corrected chi connectivity index (χ3v) is 11.6. The van der Waals surface area contributed by atoms with Crippen LogP contribution in [0.25, 0.3) is 0 Å². The maximum atomic E-state index is 14.1. The molecule has 0 aromatic rings. The second-order valence-corrected chi connectivity index (χ2v) is 14.7. The predicted octanol–water partition coefficient (Wildman–Crippen LogP) is 3.70. The Bertz CT molecular complexity index is 1010. The Hall–Kier alpha value is -0.990. The van der Waals surface area contributed by atoms with E-state index >= 15 is 0 Å². The van der Waals surface area contributed by atoms with Crippen molar-refractivity contribution in [3.8, 4) is 0 Å². The fraction of sp³-hybridized carbons (Fsp3) is 0.844. The summed E-state index contributed by atoms with van der Waals surface area (Å²) in [6.07, 6.45) is 4.38. The summed E-state index contributed by atoms with van der Waals surface area (Å²) in [6, 6.07) is -0.404. The first-order chi connectivity index (χ1) is 21.2. The first-order valence-electron chi connectivity index (χ1n) is 16.6. The number of ether oxygens (including phenoxy) is 3. The van der Waals surface area contributed by atoms with Crippen LogP contribution in [0.5, 0.6) is 0 Å². The molecular weight excluding hydrogens is 601 g/mol. The summed E-state index contributed by atoms with van der Waals surface area (Å²) < 4.78 is 46.5. The van der Waals surface area contributed by atoms with Crippen molar-refractivity contribution in [2.45, 2.75) is 73.0 Å². The van der Waals surface area contributed by atoms with E-state index in [9.17, 15) is 13.2 Å². The number of thioether (sulfide) groups is 1. The van der Waals surface area contributed by atoms with E-state index in [0.717, 1.165) is 82.2 Å². The van der Waals surface area contributed by atoms with Crippen molar-refractivity contribution in [1.82, 2.24) is 19.0 Å². The molecule has 2 unspecified atom stereocenters. The summed E-state index contributed by atoms with van der Waals surface area (Å²) in [4.78, 5) is 20.1. The highest BCUT2D eigenvalue weighted by atomic mass is 32.2. The highest BCUT2D eigenvalue weighted by molar-refractivity contribution is 7.99. The number of hydrogen-bond acceptors (Lipinski definition) is 9. The van der Waals surface area contributed by atoms with Gasteiger partial charge in [-0.2, -0.15) is 16.1 Å². The molecule has 2 saturated heterocycles. The molecule has 12 heteroatoms. The lowest BCUT2D eigenvalue weighted by Gasteiger charge is -2.35. The Morgan fingerprint density at radius 1 is 1.09 bits per heavy atom. The van der Waals surface area contributed by atoms with Crippen molar-refractivity contribution in [3.05, 3.63) is 22.1 Å². The molecule has 0 spiro atoms. The zero-order valence-electron chi connectivity index (χ0n) is 28.5. The molecule has 44 heavy (non-hydrogen) atoms. The van der Waals surface area contributed by atoms with Crippen LogP contribution in [0, 0.1) is 0 Å². The van der Waals surface area contributed by atoms with Crippen LogP contribution in [0.2, 0.25) is 0 Å². The molecule has 2 aliphatic heterocycles. The molecule has 3 aliphatic rings. The van der Waals surface area contributed by atoms with Gasteiger partial charge in [-0.15, -0.1) is 0 Å². The number of hydrogen-bond donors (Lipinski definition) is 0. The average molecular weight is 661 g/mol. The molecule has 256 valence electrons. The van der Waals surface area contributed by atoms with Crippen LogP contribution in [0.4, 0.5) is 0 Å². The molecule has 0 radical (unpaired) electrons. The lowest BCUT2D eigenvalue weighted by Crippen LogP contribution is -2.50. The number of morpholine rings is 1. The summed E-state index contributed by atoms with van der Waals surface area (Å²) in [5.41, 5.74) is 1.59. The monoisotopic (exact) mass is 660 g/mol. The SMILES string of the molecule is CC.CCSCCN(C(C)COCC(=O)N1CCN(CCCN2CCOCC2)CC1)S(=O)(=O)C1=C(C)CCC(OC)C=C1C. The third-order valence-electron chi connectivity index (χ3n) is 8.37. The summed E-state index contributed by atoms with van der Waals surface area (Å²) in [5.74, 6) is 1.59. The Kier molecular flexibility index (Phi) is 18.7. The molecule has 3 rings (SSSR count). The predicted molar refractivity (Wildman–Crippen MR) is 182 cm³/mol. The van der Waals surface area contributed by atoms with E-state index < -0.39 is 16.1 Å². The Labute approximate surface area is 272 Å². The van der Waals surface area contributed by atoms with Crippen molar-refractivity contribution in [2.75, 3.05) is 104 Å². The lowest BCUT2D eigenvalue weighted by molar-refractivity contribution is -0.138. The molecule has 2 atom stereocenters. The highest BCUT2D eigenvalue weighted by Crippen LogP contribution is 2.32. The number of allylic oxidation sites excluding steroid dienone is 2. The molecule has 10 nitrogen and oxygen atoms in total. The van der Waals surface area contributed by atoms with Crippen molar-refractivity contribution in [3.63, 3.8) is 0 Å². The first-order valence-corrected chi connectivity index (χ1v) is 19.2. The second-order valence-electron chi connectivity index (χ2n) is 11.5. The van der Waals surface area contributed by atoms with E-state index in [1.54, 1.807) is 23.2 Å². The Morgan fingerprint density at radius 2 is 1.73 bits per heavy atom. The standard InChI is InChI=1S/C30H54N4O6S2.C2H6/c1-6-41-21-18-34(42(36,37)30-25(2)8-9-28(38-5)22-26(30)3)27(4)23-40-24-29(35)33-14-12-31(13-15-33)10-7-11-32-16-19-39-20-17-32;1-2/h22,27-28H,6-21,23-24H2,1-5H3;1-2H3. The van der Waals surface area contributed by atoms with E-state index in [1.165, 1.54) is 0 Å². The Balaban J connectivity index is 0.00000330. The van der Waals surface area contributed by atoms with Gasteiger partial charge in [0, 0.05) is 64.7 Å². The number of amides is 1. The third kappa shape index (κ3) is 12.3. The highest BCUT2D eigenvalue weighted by Gasteiger charge is 2.34. The number of carbonyl (C=O) groups is 1. The van der Waals surface area contributed by atoms with Gasteiger partial charge in [-0.05, 0) is 64.4 Å². The fourth-order valence-corrected chi connectivity index (χ4v) is 8.75. The van der Waals surface area contributed by atoms with E-state index in [4.69, 9.17) is 14.2 Å². The number of sulfonamides is 1. The average Bonchev–Trinajstić information content (AvgIpc) is 3.18. The molecule has 1 amide bonds. The zero-order chi connectivity index (χ0) is 32.5. The zero-order valence-corrected chi connectivity index (χ0v) is 30.1. The van der Waals surface area contributed by atoms with Crippen LogP contribution < -0.4 is 0 Å². The summed E-state index contributed by atoms with van der Waals surface area (Å²) >= 11 is 1.72. The first kappa shape index (κ1) is 39.2. The van der Waals surface area contributed by atoms with Crippen molar-refractivity contribution < 1.29 is 27.4 Å². The fourth-order valence-electron chi connectivity index (χ4n) is 5.90. The minimum Gasteiger partial charge on any atom is -0.379 e. The summed E-state index contributed by atoms with van der Waals surface area (Å²) in [5, 5.41) is 0. The van der Waals surface area contributed by atoms with Crippen molar-refractivity contribution >= 4 is 27.7 Å². The molecule has 0 aromatic heterocycles. The topological polar surface area (TPSA) is 91.9 Å². The summed E-state index contributed by atoms with van der Waals surface area (Å²) in [7, 11) is -2.11. The largest absolute Gasteiger partial charge is 0.379 e. The van der Waals surface area contributed by atoms with Gasteiger partial charge < -0.3 is 19.1 Å². The number of piperazine rings is 1. The molecule has 0 bridgehead atoms. The second kappa shape index (κ2) is 21.0. The molecule has 2 heterocycles. The smallest absolute Gasteiger partial charge is 0.248 e. The van der Waals surface area contributed by atoms with Gasteiger partial charge in [-0.3, -0.25) is 14.6 Å². The van der Waals surface area contributed by atoms with Gasteiger partial charge in [-0.1, -0.05) is 32.4 Å². The molecule has 0 aromatic carbocycles.